The van der Waals surface area contributed by atoms with Crippen LogP contribution in [-0.2, 0) is 9.53 Å². The first-order chi connectivity index (χ1) is 9.36. The SMILES string of the molecule is CCC(C)NC(=O)C(C)OC(=O)c1cccc(N)c1Br. The van der Waals surface area contributed by atoms with E-state index in [0.29, 0.717) is 15.7 Å². The highest BCUT2D eigenvalue weighted by molar-refractivity contribution is 9.10. The van der Waals surface area contributed by atoms with E-state index >= 15 is 0 Å². The van der Waals surface area contributed by atoms with Crippen molar-refractivity contribution in [3.05, 3.63) is 28.2 Å². The molecule has 1 aromatic carbocycles. The van der Waals surface area contributed by atoms with Gasteiger partial charge in [0.05, 0.1) is 10.0 Å². The lowest BCUT2D eigenvalue weighted by Crippen LogP contribution is -2.40. The summed E-state index contributed by atoms with van der Waals surface area (Å²) in [5.41, 5.74) is 6.44. The van der Waals surface area contributed by atoms with Gasteiger partial charge < -0.3 is 15.8 Å². The molecule has 110 valence electrons. The lowest BCUT2D eigenvalue weighted by Gasteiger charge is -2.17. The average Bonchev–Trinajstić information content (AvgIpc) is 2.41. The van der Waals surface area contributed by atoms with Gasteiger partial charge in [-0.2, -0.15) is 0 Å². The molecular weight excluding hydrogens is 324 g/mol. The summed E-state index contributed by atoms with van der Waals surface area (Å²) < 4.78 is 5.61. The van der Waals surface area contributed by atoms with E-state index in [1.807, 2.05) is 13.8 Å². The van der Waals surface area contributed by atoms with E-state index in [4.69, 9.17) is 10.5 Å². The van der Waals surface area contributed by atoms with Crippen molar-refractivity contribution in [2.24, 2.45) is 0 Å². The normalized spacial score (nSPS) is 13.4. The van der Waals surface area contributed by atoms with Crippen molar-refractivity contribution < 1.29 is 14.3 Å². The van der Waals surface area contributed by atoms with Crippen molar-refractivity contribution in [3.63, 3.8) is 0 Å². The van der Waals surface area contributed by atoms with Crippen LogP contribution in [0.4, 0.5) is 5.69 Å². The Morgan fingerprint density at radius 3 is 2.65 bits per heavy atom. The van der Waals surface area contributed by atoms with Gasteiger partial charge in [-0.1, -0.05) is 13.0 Å². The third-order valence-electron chi connectivity index (χ3n) is 2.90. The highest BCUT2D eigenvalue weighted by atomic mass is 79.9. The van der Waals surface area contributed by atoms with Crippen LogP contribution in [-0.4, -0.2) is 24.0 Å². The van der Waals surface area contributed by atoms with Crippen LogP contribution in [0.1, 0.15) is 37.6 Å². The Hall–Kier alpha value is -1.56. The topological polar surface area (TPSA) is 81.4 Å². The number of carbonyl (C=O) groups excluding carboxylic acids is 2. The van der Waals surface area contributed by atoms with Crippen molar-refractivity contribution in [2.75, 3.05) is 5.73 Å². The number of nitrogen functional groups attached to an aromatic ring is 1. The number of ether oxygens (including phenoxy) is 1. The minimum Gasteiger partial charge on any atom is -0.449 e. The molecule has 0 fully saturated rings. The number of anilines is 1. The van der Waals surface area contributed by atoms with Crippen LogP contribution in [0, 0.1) is 0 Å². The van der Waals surface area contributed by atoms with Crippen LogP contribution < -0.4 is 11.1 Å². The largest absolute Gasteiger partial charge is 0.449 e. The minimum atomic E-state index is -0.857. The van der Waals surface area contributed by atoms with Gasteiger partial charge in [0.2, 0.25) is 0 Å². The highest BCUT2D eigenvalue weighted by Crippen LogP contribution is 2.24. The average molecular weight is 343 g/mol. The molecule has 5 nitrogen and oxygen atoms in total. The molecule has 2 atom stereocenters. The molecule has 0 saturated heterocycles. The van der Waals surface area contributed by atoms with E-state index < -0.39 is 12.1 Å². The molecule has 0 aliphatic rings. The Balaban J connectivity index is 2.70. The fourth-order valence-electron chi connectivity index (χ4n) is 1.45. The summed E-state index contributed by atoms with van der Waals surface area (Å²) in [6.07, 6.45) is -0.0440. The van der Waals surface area contributed by atoms with Gasteiger partial charge in [-0.25, -0.2) is 4.79 Å². The summed E-state index contributed by atoms with van der Waals surface area (Å²) in [7, 11) is 0. The fraction of sp³-hybridized carbons (Fsp3) is 0.429. The van der Waals surface area contributed by atoms with E-state index in [0.717, 1.165) is 6.42 Å². The molecule has 1 aromatic rings. The van der Waals surface area contributed by atoms with Crippen LogP contribution >= 0.6 is 15.9 Å². The van der Waals surface area contributed by atoms with Gasteiger partial charge in [-0.15, -0.1) is 0 Å². The van der Waals surface area contributed by atoms with E-state index in [-0.39, 0.29) is 11.9 Å². The fourth-order valence-corrected chi connectivity index (χ4v) is 1.87. The van der Waals surface area contributed by atoms with Crippen molar-refractivity contribution in [1.82, 2.24) is 5.32 Å². The van der Waals surface area contributed by atoms with Crippen molar-refractivity contribution in [3.8, 4) is 0 Å². The van der Waals surface area contributed by atoms with Gasteiger partial charge >= 0.3 is 5.97 Å². The number of halogens is 1. The van der Waals surface area contributed by atoms with E-state index in [1.54, 1.807) is 18.2 Å². The molecule has 0 bridgehead atoms. The summed E-state index contributed by atoms with van der Waals surface area (Å²) in [6.45, 7) is 5.39. The summed E-state index contributed by atoms with van der Waals surface area (Å²) in [4.78, 5) is 23.8. The minimum absolute atomic E-state index is 0.0442. The first kappa shape index (κ1) is 16.5. The molecule has 0 saturated carbocycles. The number of hydrogen-bond donors (Lipinski definition) is 2. The molecule has 0 heterocycles. The van der Waals surface area contributed by atoms with Gasteiger partial charge in [0.1, 0.15) is 0 Å². The number of carbonyl (C=O) groups is 2. The van der Waals surface area contributed by atoms with Gasteiger partial charge in [-0.3, -0.25) is 4.79 Å². The Labute approximate surface area is 127 Å². The van der Waals surface area contributed by atoms with E-state index in [2.05, 4.69) is 21.2 Å². The van der Waals surface area contributed by atoms with Crippen molar-refractivity contribution >= 4 is 33.5 Å². The number of rotatable bonds is 5. The monoisotopic (exact) mass is 342 g/mol. The van der Waals surface area contributed by atoms with Crippen molar-refractivity contribution in [1.29, 1.82) is 0 Å². The molecule has 0 aromatic heterocycles. The first-order valence-electron chi connectivity index (χ1n) is 6.42. The zero-order valence-corrected chi connectivity index (χ0v) is 13.4. The van der Waals surface area contributed by atoms with E-state index in [9.17, 15) is 9.59 Å². The molecular formula is C14H19BrN2O3. The van der Waals surface area contributed by atoms with Gasteiger partial charge in [0.15, 0.2) is 6.10 Å². The molecule has 2 unspecified atom stereocenters. The number of benzene rings is 1. The molecule has 20 heavy (non-hydrogen) atoms. The van der Waals surface area contributed by atoms with Crippen LogP contribution in [0.2, 0.25) is 0 Å². The number of amides is 1. The van der Waals surface area contributed by atoms with Crippen molar-refractivity contribution in [2.45, 2.75) is 39.3 Å². The predicted octanol–water partition coefficient (Wildman–Crippen LogP) is 2.49. The maximum atomic E-state index is 12.0. The lowest BCUT2D eigenvalue weighted by atomic mass is 10.2. The van der Waals surface area contributed by atoms with Crippen LogP contribution in [0.5, 0.6) is 0 Å². The number of hydrogen-bond acceptors (Lipinski definition) is 4. The van der Waals surface area contributed by atoms with Gasteiger partial charge in [0.25, 0.3) is 5.91 Å². The van der Waals surface area contributed by atoms with Crippen LogP contribution in [0.25, 0.3) is 0 Å². The lowest BCUT2D eigenvalue weighted by molar-refractivity contribution is -0.129. The third-order valence-corrected chi connectivity index (χ3v) is 3.79. The second-order valence-electron chi connectivity index (χ2n) is 4.57. The Morgan fingerprint density at radius 2 is 2.05 bits per heavy atom. The zero-order chi connectivity index (χ0) is 15.3. The highest BCUT2D eigenvalue weighted by Gasteiger charge is 2.21. The molecule has 1 rings (SSSR count). The standard InChI is InChI=1S/C14H19BrN2O3/c1-4-8(2)17-13(18)9(3)20-14(19)10-6-5-7-11(16)12(10)15/h5-9H,4,16H2,1-3H3,(H,17,18). The maximum absolute atomic E-state index is 12.0. The number of nitrogens with two attached hydrogens (primary N) is 1. The smallest absolute Gasteiger partial charge is 0.340 e. The summed E-state index contributed by atoms with van der Waals surface area (Å²) in [5.74, 6) is -0.899. The Kier molecular flexibility index (Phi) is 6.01. The molecule has 0 spiro atoms. The zero-order valence-electron chi connectivity index (χ0n) is 11.8. The summed E-state index contributed by atoms with van der Waals surface area (Å²) in [5, 5.41) is 2.76. The van der Waals surface area contributed by atoms with Gasteiger partial charge in [0, 0.05) is 11.7 Å². The predicted molar refractivity (Wildman–Crippen MR) is 81.3 cm³/mol. The molecule has 0 aliphatic heterocycles. The van der Waals surface area contributed by atoms with Crippen LogP contribution in [0.15, 0.2) is 22.7 Å². The molecule has 1 amide bonds. The number of esters is 1. The molecule has 6 heteroatoms. The first-order valence-corrected chi connectivity index (χ1v) is 7.21. The third kappa shape index (κ3) is 4.23. The molecule has 3 N–H and O–H groups in total. The second kappa shape index (κ2) is 7.28. The summed E-state index contributed by atoms with van der Waals surface area (Å²) in [6, 6.07) is 4.95. The van der Waals surface area contributed by atoms with Crippen LogP contribution in [0.3, 0.4) is 0 Å². The summed E-state index contributed by atoms with van der Waals surface area (Å²) >= 11 is 3.23. The van der Waals surface area contributed by atoms with E-state index in [1.165, 1.54) is 6.92 Å². The molecule has 0 aliphatic carbocycles. The Bertz CT molecular complexity index is 505. The number of nitrogens with one attached hydrogen (secondary N) is 1. The van der Waals surface area contributed by atoms with Gasteiger partial charge in [-0.05, 0) is 48.3 Å². The quantitative estimate of drug-likeness (QED) is 0.636. The molecule has 0 radical (unpaired) electrons. The second-order valence-corrected chi connectivity index (χ2v) is 5.37. The maximum Gasteiger partial charge on any atom is 0.340 e. The Morgan fingerprint density at radius 1 is 1.40 bits per heavy atom.